The summed E-state index contributed by atoms with van der Waals surface area (Å²) in [6.07, 6.45) is 0. The van der Waals surface area contributed by atoms with Crippen LogP contribution in [-0.2, 0) is 0 Å². The highest BCUT2D eigenvalue weighted by atomic mass is 32.1. The minimum absolute atomic E-state index is 0.675. The fourth-order valence-corrected chi connectivity index (χ4v) is 7.72. The lowest BCUT2D eigenvalue weighted by atomic mass is 9.87. The van der Waals surface area contributed by atoms with Crippen LogP contribution in [0.4, 0.5) is 0 Å². The van der Waals surface area contributed by atoms with E-state index in [-0.39, 0.29) is 0 Å². The zero-order valence-electron chi connectivity index (χ0n) is 21.7. The van der Waals surface area contributed by atoms with Crippen LogP contribution in [0, 0.1) is 0 Å². The minimum Gasteiger partial charge on any atom is -0.456 e. The number of furan rings is 2. The van der Waals surface area contributed by atoms with E-state index in [9.17, 15) is 5.02 Å². The van der Waals surface area contributed by atoms with Crippen molar-refractivity contribution < 1.29 is 13.9 Å². The Bertz CT molecular complexity index is 2480. The van der Waals surface area contributed by atoms with E-state index in [1.165, 1.54) is 25.7 Å². The Kier molecular flexibility index (Phi) is 4.80. The van der Waals surface area contributed by atoms with Gasteiger partial charge in [0.1, 0.15) is 22.3 Å². The van der Waals surface area contributed by atoms with Crippen LogP contribution >= 0.6 is 11.3 Å². The lowest BCUT2D eigenvalue weighted by molar-refractivity contribution is 0.613. The fraction of sp³-hybridized carbons (Fsp3) is 0. The van der Waals surface area contributed by atoms with Crippen molar-refractivity contribution in [1.29, 1.82) is 0 Å². The van der Waals surface area contributed by atoms with Gasteiger partial charge in [-0.05, 0) is 11.5 Å². The summed E-state index contributed by atoms with van der Waals surface area (Å²) in [7, 11) is 1.11. The van der Waals surface area contributed by atoms with Crippen LogP contribution in [0.3, 0.4) is 0 Å². The number of rotatable bonds is 3. The highest BCUT2D eigenvalue weighted by Gasteiger charge is 2.20. The molecule has 3 nitrogen and oxygen atoms in total. The van der Waals surface area contributed by atoms with Gasteiger partial charge in [-0.1, -0.05) is 109 Å². The molecule has 0 saturated heterocycles. The molecular weight excluding hydrogens is 523 g/mol. The van der Waals surface area contributed by atoms with Crippen molar-refractivity contribution in [2.75, 3.05) is 0 Å². The molecule has 0 fully saturated rings. The molecule has 3 aromatic heterocycles. The summed E-state index contributed by atoms with van der Waals surface area (Å²) in [5, 5.41) is 16.6. The Hall–Kier alpha value is -4.84. The second-order valence-electron chi connectivity index (χ2n) is 10.4. The zero-order valence-corrected chi connectivity index (χ0v) is 22.5. The molecule has 0 spiro atoms. The molecule has 191 valence electrons. The number of para-hydroxylation sites is 4. The zero-order chi connectivity index (χ0) is 27.1. The predicted octanol–water partition coefficient (Wildman–Crippen LogP) is 9.42. The van der Waals surface area contributed by atoms with E-state index >= 15 is 0 Å². The number of benzene rings is 6. The third kappa shape index (κ3) is 3.19. The number of hydrogen-bond acceptors (Lipinski definition) is 4. The van der Waals surface area contributed by atoms with Gasteiger partial charge < -0.3 is 13.9 Å². The van der Waals surface area contributed by atoms with Gasteiger partial charge in [0.15, 0.2) is 0 Å². The standard InChI is InChI=1S/C36H20BO3S/c38-37-30-18-7-13-23-22-10-4-12-25(33(22)40-34(23)30)27-15-6-17-29-28-16-5-14-26(35(28)41-36(27)29)24-11-3-9-21-20-8-1-2-19-31(20)39-32(21)24/h1-19,38H. The van der Waals surface area contributed by atoms with Crippen LogP contribution in [-0.4, -0.2) is 12.5 Å². The summed E-state index contributed by atoms with van der Waals surface area (Å²) in [4.78, 5) is 0. The maximum atomic E-state index is 9.81. The Balaban J connectivity index is 1.33. The van der Waals surface area contributed by atoms with E-state index < -0.39 is 0 Å². The molecule has 41 heavy (non-hydrogen) atoms. The Labute approximate surface area is 239 Å². The average Bonchev–Trinajstić information content (AvgIpc) is 3.72. The van der Waals surface area contributed by atoms with Crippen LogP contribution in [0.1, 0.15) is 0 Å². The first-order valence-corrected chi connectivity index (χ1v) is 14.4. The van der Waals surface area contributed by atoms with Gasteiger partial charge in [-0.3, -0.25) is 0 Å². The first kappa shape index (κ1) is 22.9. The smallest absolute Gasteiger partial charge is 0.330 e. The molecule has 9 aromatic rings. The summed E-state index contributed by atoms with van der Waals surface area (Å²) in [5.41, 5.74) is 8.47. The highest BCUT2D eigenvalue weighted by molar-refractivity contribution is 7.26. The molecule has 9 rings (SSSR count). The van der Waals surface area contributed by atoms with Gasteiger partial charge in [0.25, 0.3) is 0 Å². The van der Waals surface area contributed by atoms with Gasteiger partial charge in [-0.25, -0.2) is 0 Å². The van der Waals surface area contributed by atoms with E-state index in [0.717, 1.165) is 62.5 Å². The molecule has 0 bridgehead atoms. The maximum Gasteiger partial charge on any atom is 0.330 e. The van der Waals surface area contributed by atoms with Gasteiger partial charge in [-0.2, -0.15) is 0 Å². The van der Waals surface area contributed by atoms with Gasteiger partial charge in [0, 0.05) is 64.0 Å². The Morgan fingerprint density at radius 3 is 1.59 bits per heavy atom. The van der Waals surface area contributed by atoms with Crippen molar-refractivity contribution in [1.82, 2.24) is 0 Å². The van der Waals surface area contributed by atoms with Gasteiger partial charge >= 0.3 is 7.48 Å². The lowest BCUT2D eigenvalue weighted by Crippen LogP contribution is -2.12. The lowest BCUT2D eigenvalue weighted by Gasteiger charge is -2.04. The first-order valence-electron chi connectivity index (χ1n) is 13.6. The van der Waals surface area contributed by atoms with Crippen LogP contribution in [0.2, 0.25) is 0 Å². The van der Waals surface area contributed by atoms with Gasteiger partial charge in [0.2, 0.25) is 0 Å². The molecule has 0 aliphatic carbocycles. The first-order chi connectivity index (χ1) is 20.3. The molecule has 1 radical (unpaired) electrons. The van der Waals surface area contributed by atoms with Crippen LogP contribution in [0.15, 0.2) is 124 Å². The van der Waals surface area contributed by atoms with E-state index in [1.54, 1.807) is 0 Å². The predicted molar refractivity (Wildman–Crippen MR) is 172 cm³/mol. The van der Waals surface area contributed by atoms with E-state index in [2.05, 4.69) is 84.9 Å². The third-order valence-corrected chi connectivity index (χ3v) is 9.49. The summed E-state index contributed by atoms with van der Waals surface area (Å²) >= 11 is 1.81. The Morgan fingerprint density at radius 2 is 0.927 bits per heavy atom. The van der Waals surface area contributed by atoms with Crippen molar-refractivity contribution in [2.24, 2.45) is 0 Å². The molecule has 0 atom stereocenters. The van der Waals surface area contributed by atoms with E-state index in [4.69, 9.17) is 8.83 Å². The van der Waals surface area contributed by atoms with Crippen molar-refractivity contribution >= 4 is 88.3 Å². The van der Waals surface area contributed by atoms with Crippen LogP contribution in [0.5, 0.6) is 0 Å². The molecule has 0 unspecified atom stereocenters. The monoisotopic (exact) mass is 543 g/mol. The maximum absolute atomic E-state index is 9.81. The summed E-state index contributed by atoms with van der Waals surface area (Å²) in [5.74, 6) is 0. The second-order valence-corrected chi connectivity index (χ2v) is 11.4. The molecular formula is C36H20BO3S. The number of hydrogen-bond donors (Lipinski definition) is 1. The molecule has 0 aliphatic heterocycles. The van der Waals surface area contributed by atoms with Gasteiger partial charge in [-0.15, -0.1) is 11.3 Å². The minimum atomic E-state index is 0.675. The molecule has 0 saturated carbocycles. The molecule has 3 heterocycles. The number of thiophene rings is 1. The molecule has 0 aliphatic rings. The van der Waals surface area contributed by atoms with Crippen molar-refractivity contribution in [3.63, 3.8) is 0 Å². The SMILES string of the molecule is O[B]c1cccc2c1oc1c(-c3cccc4c3sc3c(-c5cccc6c5oc5ccccc56)cccc34)cccc12. The molecule has 0 amide bonds. The van der Waals surface area contributed by atoms with E-state index in [1.807, 2.05) is 41.7 Å². The Morgan fingerprint density at radius 1 is 0.439 bits per heavy atom. The van der Waals surface area contributed by atoms with Gasteiger partial charge in [0.05, 0.1) is 0 Å². The molecule has 6 aromatic carbocycles. The van der Waals surface area contributed by atoms with Crippen molar-refractivity contribution in [2.45, 2.75) is 0 Å². The summed E-state index contributed by atoms with van der Waals surface area (Å²) in [6.45, 7) is 0. The van der Waals surface area contributed by atoms with E-state index in [0.29, 0.717) is 11.0 Å². The highest BCUT2D eigenvalue weighted by Crippen LogP contribution is 2.47. The molecule has 1 N–H and O–H groups in total. The van der Waals surface area contributed by atoms with Crippen molar-refractivity contribution in [3.05, 3.63) is 115 Å². The quantitative estimate of drug-likeness (QED) is 0.226. The summed E-state index contributed by atoms with van der Waals surface area (Å²) in [6, 6.07) is 39.9. The largest absolute Gasteiger partial charge is 0.456 e. The topological polar surface area (TPSA) is 46.5 Å². The fourth-order valence-electron chi connectivity index (χ4n) is 6.36. The second kappa shape index (κ2) is 8.58. The normalized spacial score (nSPS) is 12.0. The van der Waals surface area contributed by atoms with Crippen LogP contribution < -0.4 is 5.46 Å². The average molecular weight is 543 g/mol. The summed E-state index contributed by atoms with van der Waals surface area (Å²) < 4.78 is 15.3. The number of fused-ring (bicyclic) bond motifs is 9. The van der Waals surface area contributed by atoms with Crippen LogP contribution in [0.25, 0.3) is 86.3 Å². The van der Waals surface area contributed by atoms with Crippen molar-refractivity contribution in [3.8, 4) is 22.3 Å². The molecule has 5 heteroatoms. The third-order valence-electron chi connectivity index (χ3n) is 8.20.